The Morgan fingerprint density at radius 3 is 2.58 bits per heavy atom. The van der Waals surface area contributed by atoms with Crippen molar-refractivity contribution in [1.29, 1.82) is 0 Å². The van der Waals surface area contributed by atoms with E-state index < -0.39 is 11.1 Å². The second kappa shape index (κ2) is 6.14. The molecule has 6 heteroatoms. The van der Waals surface area contributed by atoms with Crippen molar-refractivity contribution < 1.29 is 13.5 Å². The summed E-state index contributed by atoms with van der Waals surface area (Å²) in [5.74, 6) is 0.625. The minimum atomic E-state index is -1.96. The van der Waals surface area contributed by atoms with Gasteiger partial charge in [-0.05, 0) is 48.9 Å². The maximum atomic E-state index is 10.8. The molecule has 1 aromatic carbocycles. The summed E-state index contributed by atoms with van der Waals surface area (Å²) < 4.78 is 25.3. The molecule has 0 spiro atoms. The lowest BCUT2D eigenvalue weighted by atomic mass is 10.2. The number of pyridine rings is 1. The molecule has 0 radical (unpaired) electrons. The highest BCUT2D eigenvalue weighted by Gasteiger charge is 2.02. The highest BCUT2D eigenvalue weighted by Crippen LogP contribution is 2.17. The number of nitrogens with zero attached hydrogens (tertiary/aromatic N) is 1. The third kappa shape index (κ3) is 4.02. The van der Waals surface area contributed by atoms with Gasteiger partial charge in [0.2, 0.25) is 0 Å². The monoisotopic (exact) mass is 297 g/mol. The summed E-state index contributed by atoms with van der Waals surface area (Å²) in [6, 6.07) is 10.0. The second-order valence-electron chi connectivity index (χ2n) is 3.95. The molecular formula is C13H12ClNO3S. The quantitative estimate of drug-likeness (QED) is 0.695. The van der Waals surface area contributed by atoms with Gasteiger partial charge in [-0.3, -0.25) is 0 Å². The maximum absolute atomic E-state index is 10.8. The molecule has 1 heterocycles. The predicted octanol–water partition coefficient (Wildman–Crippen LogP) is 3.20. The molecule has 2 aromatic rings. The molecule has 19 heavy (non-hydrogen) atoms. The molecular weight excluding hydrogens is 286 g/mol. The lowest BCUT2D eigenvalue weighted by Crippen LogP contribution is -1.97. The van der Waals surface area contributed by atoms with Gasteiger partial charge in [0.25, 0.3) is 0 Å². The first-order valence-electron chi connectivity index (χ1n) is 5.51. The Bertz CT molecular complexity index is 581. The molecule has 1 unspecified atom stereocenters. The number of aryl methyl sites for hydroxylation is 1. The summed E-state index contributed by atoms with van der Waals surface area (Å²) in [5, 5.41) is 0.435. The molecule has 0 fully saturated rings. The predicted molar refractivity (Wildman–Crippen MR) is 73.8 cm³/mol. The molecule has 1 atom stereocenters. The highest BCUT2D eigenvalue weighted by molar-refractivity contribution is 7.79. The van der Waals surface area contributed by atoms with E-state index in [1.54, 1.807) is 30.3 Å². The minimum absolute atomic E-state index is 0.343. The summed E-state index contributed by atoms with van der Waals surface area (Å²) in [4.78, 5) is 4.41. The maximum Gasteiger partial charge on any atom is 0.186 e. The van der Waals surface area contributed by atoms with E-state index in [1.807, 2.05) is 13.0 Å². The zero-order chi connectivity index (χ0) is 13.8. The summed E-state index contributed by atoms with van der Waals surface area (Å²) in [6.45, 7) is 2.23. The van der Waals surface area contributed by atoms with Crippen LogP contribution in [-0.2, 0) is 17.7 Å². The van der Waals surface area contributed by atoms with Crippen molar-refractivity contribution in [2.45, 2.75) is 18.4 Å². The lowest BCUT2D eigenvalue weighted by Gasteiger charge is -2.07. The molecule has 0 amide bonds. The van der Waals surface area contributed by atoms with Crippen molar-refractivity contribution >= 4 is 22.7 Å². The average molecular weight is 298 g/mol. The van der Waals surface area contributed by atoms with Crippen molar-refractivity contribution in [2.75, 3.05) is 0 Å². The van der Waals surface area contributed by atoms with Crippen molar-refractivity contribution in [3.63, 3.8) is 0 Å². The van der Waals surface area contributed by atoms with Gasteiger partial charge in [0.1, 0.15) is 17.5 Å². The Balaban J connectivity index is 2.03. The van der Waals surface area contributed by atoms with Gasteiger partial charge in [0.15, 0.2) is 11.1 Å². The number of benzene rings is 1. The van der Waals surface area contributed by atoms with Crippen LogP contribution in [0.4, 0.5) is 0 Å². The highest BCUT2D eigenvalue weighted by atomic mass is 35.5. The van der Waals surface area contributed by atoms with E-state index in [2.05, 4.69) is 4.98 Å². The Kier molecular flexibility index (Phi) is 4.52. The van der Waals surface area contributed by atoms with E-state index in [0.717, 1.165) is 11.3 Å². The molecule has 0 bridgehead atoms. The van der Waals surface area contributed by atoms with Crippen LogP contribution in [0.15, 0.2) is 41.3 Å². The number of aromatic nitrogens is 1. The molecule has 0 saturated heterocycles. The number of rotatable bonds is 4. The Labute approximate surface area is 118 Å². The SMILES string of the molecule is Cc1cc(COc2ccc(S(=O)O)cc2)cc(Cl)n1. The van der Waals surface area contributed by atoms with Gasteiger partial charge in [-0.25, -0.2) is 9.19 Å². The molecule has 0 saturated carbocycles. The van der Waals surface area contributed by atoms with Crippen LogP contribution in [-0.4, -0.2) is 13.7 Å². The molecule has 0 aliphatic carbocycles. The molecule has 2 rings (SSSR count). The van der Waals surface area contributed by atoms with E-state index in [1.165, 1.54) is 0 Å². The second-order valence-corrected chi connectivity index (χ2v) is 5.31. The lowest BCUT2D eigenvalue weighted by molar-refractivity contribution is 0.306. The first-order chi connectivity index (χ1) is 9.04. The molecule has 1 N–H and O–H groups in total. The van der Waals surface area contributed by atoms with E-state index in [4.69, 9.17) is 20.9 Å². The summed E-state index contributed by atoms with van der Waals surface area (Å²) in [5.41, 5.74) is 1.75. The zero-order valence-electron chi connectivity index (χ0n) is 10.2. The van der Waals surface area contributed by atoms with Crippen LogP contribution >= 0.6 is 11.6 Å². The fourth-order valence-electron chi connectivity index (χ4n) is 1.60. The van der Waals surface area contributed by atoms with Gasteiger partial charge in [-0.15, -0.1) is 0 Å². The Hall–Kier alpha value is -1.43. The third-order valence-electron chi connectivity index (χ3n) is 2.41. The van der Waals surface area contributed by atoms with Crippen LogP contribution in [0.25, 0.3) is 0 Å². The number of halogens is 1. The van der Waals surface area contributed by atoms with Crippen LogP contribution < -0.4 is 4.74 Å². The standard InChI is InChI=1S/C13H12ClNO3S/c1-9-6-10(7-13(14)15-9)8-18-11-2-4-12(5-3-11)19(16)17/h2-7H,8H2,1H3,(H,16,17). The van der Waals surface area contributed by atoms with Crippen molar-refractivity contribution in [1.82, 2.24) is 4.98 Å². The van der Waals surface area contributed by atoms with Crippen molar-refractivity contribution in [3.05, 3.63) is 52.8 Å². The van der Waals surface area contributed by atoms with Gasteiger partial charge in [0.05, 0.1) is 4.90 Å². The first-order valence-corrected chi connectivity index (χ1v) is 7.00. The van der Waals surface area contributed by atoms with E-state index in [0.29, 0.717) is 22.4 Å². The van der Waals surface area contributed by atoms with Crippen LogP contribution in [0.3, 0.4) is 0 Å². The summed E-state index contributed by atoms with van der Waals surface area (Å²) >= 11 is 3.89. The van der Waals surface area contributed by atoms with Crippen LogP contribution in [0.5, 0.6) is 5.75 Å². The number of hydrogen-bond donors (Lipinski definition) is 1. The third-order valence-corrected chi connectivity index (χ3v) is 3.28. The zero-order valence-corrected chi connectivity index (χ0v) is 11.7. The Morgan fingerprint density at radius 1 is 1.32 bits per heavy atom. The van der Waals surface area contributed by atoms with E-state index in [9.17, 15) is 4.21 Å². The fourth-order valence-corrected chi connectivity index (χ4v) is 2.24. The molecule has 4 nitrogen and oxygen atoms in total. The smallest absolute Gasteiger partial charge is 0.186 e. The summed E-state index contributed by atoms with van der Waals surface area (Å²) in [6.07, 6.45) is 0. The van der Waals surface area contributed by atoms with Crippen LogP contribution in [0, 0.1) is 6.92 Å². The Morgan fingerprint density at radius 2 is 2.00 bits per heavy atom. The normalized spacial score (nSPS) is 12.2. The average Bonchev–Trinajstić information content (AvgIpc) is 2.36. The molecule has 1 aromatic heterocycles. The number of hydrogen-bond acceptors (Lipinski definition) is 3. The minimum Gasteiger partial charge on any atom is -0.489 e. The van der Waals surface area contributed by atoms with Gasteiger partial charge < -0.3 is 9.29 Å². The van der Waals surface area contributed by atoms with E-state index in [-0.39, 0.29) is 0 Å². The molecule has 0 aliphatic rings. The largest absolute Gasteiger partial charge is 0.489 e. The van der Waals surface area contributed by atoms with Crippen LogP contribution in [0.2, 0.25) is 5.15 Å². The fraction of sp³-hybridized carbons (Fsp3) is 0.154. The first kappa shape index (κ1) is 14.0. The van der Waals surface area contributed by atoms with Gasteiger partial charge in [-0.1, -0.05) is 11.6 Å². The van der Waals surface area contributed by atoms with Crippen molar-refractivity contribution in [2.24, 2.45) is 0 Å². The number of ether oxygens (including phenoxy) is 1. The van der Waals surface area contributed by atoms with Crippen LogP contribution in [0.1, 0.15) is 11.3 Å². The molecule has 0 aliphatic heterocycles. The van der Waals surface area contributed by atoms with E-state index >= 15 is 0 Å². The van der Waals surface area contributed by atoms with Gasteiger partial charge in [0, 0.05) is 5.69 Å². The topological polar surface area (TPSA) is 59.4 Å². The van der Waals surface area contributed by atoms with Crippen molar-refractivity contribution in [3.8, 4) is 5.75 Å². The molecule has 100 valence electrons. The van der Waals surface area contributed by atoms with Gasteiger partial charge in [-0.2, -0.15) is 0 Å². The summed E-state index contributed by atoms with van der Waals surface area (Å²) in [7, 11) is 0. The van der Waals surface area contributed by atoms with Gasteiger partial charge >= 0.3 is 0 Å².